The first kappa shape index (κ1) is 24.2. The fraction of sp³-hybridized carbons (Fsp3) is 0.346. The number of hydrogen-bond acceptors (Lipinski definition) is 4. The first-order valence-corrected chi connectivity index (χ1v) is 11.1. The van der Waals surface area contributed by atoms with E-state index in [0.717, 1.165) is 11.1 Å². The number of benzene rings is 2. The Bertz CT molecular complexity index is 1000. The van der Waals surface area contributed by atoms with Gasteiger partial charge in [-0.05, 0) is 23.5 Å². The zero-order valence-electron chi connectivity index (χ0n) is 19.3. The summed E-state index contributed by atoms with van der Waals surface area (Å²) in [6, 6.07) is 17.6. The highest BCUT2D eigenvalue weighted by Gasteiger charge is 2.40. The van der Waals surface area contributed by atoms with E-state index in [-0.39, 0.29) is 36.8 Å². The number of amides is 3. The van der Waals surface area contributed by atoms with Crippen molar-refractivity contribution >= 4 is 23.4 Å². The molecular formula is C26H31N3O4. The topological polar surface area (TPSA) is 90.0 Å². The summed E-state index contributed by atoms with van der Waals surface area (Å²) in [5.41, 5.74) is 2.22. The molecule has 174 valence electrons. The van der Waals surface area contributed by atoms with E-state index < -0.39 is 12.1 Å². The van der Waals surface area contributed by atoms with Gasteiger partial charge in [0.25, 0.3) is 5.91 Å². The van der Waals surface area contributed by atoms with E-state index in [2.05, 4.69) is 5.32 Å². The van der Waals surface area contributed by atoms with Gasteiger partial charge in [0.2, 0.25) is 11.8 Å². The van der Waals surface area contributed by atoms with Crippen LogP contribution in [0.2, 0.25) is 0 Å². The number of carbonyl (C=O) groups is 3. The average Bonchev–Trinajstić information content (AvgIpc) is 2.80. The lowest BCUT2D eigenvalue weighted by molar-refractivity contribution is -0.144. The molecule has 2 aromatic rings. The second-order valence-electron chi connectivity index (χ2n) is 8.56. The maximum atomic E-state index is 13.5. The summed E-state index contributed by atoms with van der Waals surface area (Å²) in [5.74, 6) is -1.05. The molecule has 1 unspecified atom stereocenters. The minimum Gasteiger partial charge on any atom is -0.394 e. The summed E-state index contributed by atoms with van der Waals surface area (Å²) < 4.78 is 0. The molecule has 7 nitrogen and oxygen atoms in total. The van der Waals surface area contributed by atoms with E-state index in [1.807, 2.05) is 74.5 Å². The van der Waals surface area contributed by atoms with E-state index in [9.17, 15) is 19.5 Å². The molecule has 3 amide bonds. The summed E-state index contributed by atoms with van der Waals surface area (Å²) >= 11 is 0. The molecule has 2 aromatic carbocycles. The predicted molar refractivity (Wildman–Crippen MR) is 126 cm³/mol. The highest BCUT2D eigenvalue weighted by Crippen LogP contribution is 2.29. The molecule has 0 spiro atoms. The number of carbonyl (C=O) groups excluding carboxylic acids is 3. The van der Waals surface area contributed by atoms with Gasteiger partial charge in [0.05, 0.1) is 18.3 Å². The Morgan fingerprint density at radius 2 is 1.64 bits per heavy atom. The third kappa shape index (κ3) is 5.87. The lowest BCUT2D eigenvalue weighted by Crippen LogP contribution is -2.56. The summed E-state index contributed by atoms with van der Waals surface area (Å²) in [5, 5.41) is 12.6. The average molecular weight is 450 g/mol. The monoisotopic (exact) mass is 449 g/mol. The van der Waals surface area contributed by atoms with E-state index in [0.29, 0.717) is 12.1 Å². The van der Waals surface area contributed by atoms with Crippen LogP contribution in [0.15, 0.2) is 66.9 Å². The molecule has 1 aliphatic rings. The molecule has 0 saturated carbocycles. The molecule has 0 saturated heterocycles. The lowest BCUT2D eigenvalue weighted by Gasteiger charge is -2.40. The minimum atomic E-state index is -0.694. The highest BCUT2D eigenvalue weighted by molar-refractivity contribution is 5.99. The Morgan fingerprint density at radius 3 is 2.18 bits per heavy atom. The Balaban J connectivity index is 1.86. The quantitative estimate of drug-likeness (QED) is 0.648. The van der Waals surface area contributed by atoms with Crippen molar-refractivity contribution in [3.05, 3.63) is 78.0 Å². The SMILES string of the molecule is CC(=O)N1C=C(c2ccccc2)N(CC(=O)N[C@H](CO)Cc2ccccc2)C(=O)C1C(C)C. The van der Waals surface area contributed by atoms with Crippen LogP contribution < -0.4 is 5.32 Å². The molecule has 2 atom stereocenters. The smallest absolute Gasteiger partial charge is 0.250 e. The first-order chi connectivity index (χ1) is 15.8. The van der Waals surface area contributed by atoms with Gasteiger partial charge in [-0.25, -0.2) is 0 Å². The molecule has 0 aromatic heterocycles. The van der Waals surface area contributed by atoms with Gasteiger partial charge in [-0.3, -0.25) is 19.3 Å². The zero-order chi connectivity index (χ0) is 24.0. The Labute approximate surface area is 194 Å². The number of rotatable bonds is 8. The van der Waals surface area contributed by atoms with Gasteiger partial charge in [0.15, 0.2) is 0 Å². The van der Waals surface area contributed by atoms with Crippen LogP contribution in [0.1, 0.15) is 31.9 Å². The van der Waals surface area contributed by atoms with Crippen LogP contribution in [0.4, 0.5) is 0 Å². The molecule has 2 N–H and O–H groups in total. The fourth-order valence-electron chi connectivity index (χ4n) is 4.05. The molecule has 1 heterocycles. The number of hydrogen-bond donors (Lipinski definition) is 2. The molecule has 33 heavy (non-hydrogen) atoms. The molecule has 0 bridgehead atoms. The van der Waals surface area contributed by atoms with Crippen LogP contribution in [0.25, 0.3) is 5.70 Å². The van der Waals surface area contributed by atoms with Gasteiger partial charge in [0, 0.05) is 13.1 Å². The third-order valence-electron chi connectivity index (χ3n) is 5.65. The molecule has 0 fully saturated rings. The van der Waals surface area contributed by atoms with Gasteiger partial charge in [-0.1, -0.05) is 74.5 Å². The van der Waals surface area contributed by atoms with E-state index >= 15 is 0 Å². The second-order valence-corrected chi connectivity index (χ2v) is 8.56. The van der Waals surface area contributed by atoms with Crippen molar-refractivity contribution in [1.82, 2.24) is 15.1 Å². The fourth-order valence-corrected chi connectivity index (χ4v) is 4.05. The van der Waals surface area contributed by atoms with E-state index in [1.54, 1.807) is 6.20 Å². The molecule has 1 aliphatic heterocycles. The van der Waals surface area contributed by atoms with Gasteiger partial charge in [-0.15, -0.1) is 0 Å². The van der Waals surface area contributed by atoms with Crippen molar-refractivity contribution in [2.75, 3.05) is 13.2 Å². The Kier molecular flexibility index (Phi) is 8.01. The van der Waals surface area contributed by atoms with Crippen molar-refractivity contribution < 1.29 is 19.5 Å². The minimum absolute atomic E-state index is 0.135. The van der Waals surface area contributed by atoms with Crippen LogP contribution in [0.3, 0.4) is 0 Å². The van der Waals surface area contributed by atoms with Crippen LogP contribution >= 0.6 is 0 Å². The molecule has 7 heteroatoms. The molecular weight excluding hydrogens is 418 g/mol. The van der Waals surface area contributed by atoms with Crippen molar-refractivity contribution in [3.63, 3.8) is 0 Å². The Morgan fingerprint density at radius 1 is 1.03 bits per heavy atom. The summed E-state index contributed by atoms with van der Waals surface area (Å²) in [6.07, 6.45) is 2.13. The van der Waals surface area contributed by atoms with Crippen molar-refractivity contribution in [3.8, 4) is 0 Å². The first-order valence-electron chi connectivity index (χ1n) is 11.1. The normalized spacial score (nSPS) is 17.1. The summed E-state index contributed by atoms with van der Waals surface area (Å²) in [7, 11) is 0. The van der Waals surface area contributed by atoms with Crippen LogP contribution in [-0.4, -0.2) is 57.9 Å². The molecule has 0 aliphatic carbocycles. The van der Waals surface area contributed by atoms with Crippen LogP contribution in [-0.2, 0) is 20.8 Å². The third-order valence-corrected chi connectivity index (χ3v) is 5.65. The lowest BCUT2D eigenvalue weighted by atomic mass is 9.97. The van der Waals surface area contributed by atoms with Crippen molar-refractivity contribution in [2.24, 2.45) is 5.92 Å². The summed E-state index contributed by atoms with van der Waals surface area (Å²) in [4.78, 5) is 41.7. The van der Waals surface area contributed by atoms with Gasteiger partial charge >= 0.3 is 0 Å². The maximum absolute atomic E-state index is 13.5. The predicted octanol–water partition coefficient (Wildman–Crippen LogP) is 2.42. The number of aliphatic hydroxyl groups is 1. The van der Waals surface area contributed by atoms with Gasteiger partial charge in [-0.2, -0.15) is 0 Å². The zero-order valence-corrected chi connectivity index (χ0v) is 19.3. The number of aliphatic hydroxyl groups excluding tert-OH is 1. The van der Waals surface area contributed by atoms with Crippen molar-refractivity contribution in [1.29, 1.82) is 0 Å². The second kappa shape index (κ2) is 10.9. The largest absolute Gasteiger partial charge is 0.394 e. The standard InChI is InChI=1S/C26H31N3O4/c1-18(2)25-26(33)29(23(15-28(25)19(3)31)21-12-8-5-9-13-21)16-24(32)27-22(17-30)14-20-10-6-4-7-11-20/h4-13,15,18,22,25,30H,14,16-17H2,1-3H3,(H,27,32)/t22-,25?/m0/s1. The van der Waals surface area contributed by atoms with E-state index in [4.69, 9.17) is 0 Å². The maximum Gasteiger partial charge on any atom is 0.250 e. The van der Waals surface area contributed by atoms with Gasteiger partial charge in [0.1, 0.15) is 12.6 Å². The highest BCUT2D eigenvalue weighted by atomic mass is 16.3. The summed E-state index contributed by atoms with van der Waals surface area (Å²) in [6.45, 7) is 4.75. The van der Waals surface area contributed by atoms with E-state index in [1.165, 1.54) is 16.7 Å². The van der Waals surface area contributed by atoms with Gasteiger partial charge < -0.3 is 15.3 Å². The number of nitrogens with zero attached hydrogens (tertiary/aromatic N) is 2. The van der Waals surface area contributed by atoms with Crippen LogP contribution in [0, 0.1) is 5.92 Å². The van der Waals surface area contributed by atoms with Crippen molar-refractivity contribution in [2.45, 2.75) is 39.3 Å². The number of nitrogens with one attached hydrogen (secondary N) is 1. The Hall–Kier alpha value is -3.45. The molecule has 0 radical (unpaired) electrons. The molecule has 3 rings (SSSR count). The van der Waals surface area contributed by atoms with Crippen LogP contribution in [0.5, 0.6) is 0 Å².